The molecule has 0 bridgehead atoms. The Morgan fingerprint density at radius 3 is 2.27 bits per heavy atom. The van der Waals surface area contributed by atoms with Gasteiger partial charge in [-0.15, -0.1) is 0 Å². The molecule has 3 N–H and O–H groups in total. The summed E-state index contributed by atoms with van der Waals surface area (Å²) in [5.74, 6) is -2.02. The lowest BCUT2D eigenvalue weighted by Gasteiger charge is -2.10. The Bertz CT molecular complexity index is 1070. The molecule has 0 aromatic heterocycles. The van der Waals surface area contributed by atoms with E-state index in [1.165, 1.54) is 36.4 Å². The fourth-order valence-electron chi connectivity index (χ4n) is 2.22. The second kappa shape index (κ2) is 9.83. The van der Waals surface area contributed by atoms with Gasteiger partial charge < -0.3 is 14.8 Å². The number of sulfonamides is 1. The highest BCUT2D eigenvalue weighted by molar-refractivity contribution is 9.10. The van der Waals surface area contributed by atoms with E-state index in [4.69, 9.17) is 14.6 Å². The molecule has 0 aliphatic carbocycles. The van der Waals surface area contributed by atoms with Gasteiger partial charge >= 0.3 is 11.9 Å². The Labute approximate surface area is 181 Å². The fraction of sp³-hybridized carbons (Fsp3) is 0.211. The van der Waals surface area contributed by atoms with Crippen LogP contribution in [0.5, 0.6) is 0 Å². The SMILES string of the molecule is CC(C)OC(=O)c1ccc(NC(=O)COC(=O)c2cc(S(N)(=O)=O)ccc2Br)cc1. The summed E-state index contributed by atoms with van der Waals surface area (Å²) in [5, 5.41) is 7.56. The van der Waals surface area contributed by atoms with Crippen LogP contribution in [-0.2, 0) is 24.3 Å². The maximum Gasteiger partial charge on any atom is 0.339 e. The molecule has 0 saturated heterocycles. The van der Waals surface area contributed by atoms with Gasteiger partial charge in [-0.05, 0) is 72.2 Å². The fourth-order valence-corrected chi connectivity index (χ4v) is 3.16. The van der Waals surface area contributed by atoms with Crippen LogP contribution in [0.3, 0.4) is 0 Å². The molecular weight excluding hydrogens is 480 g/mol. The lowest BCUT2D eigenvalue weighted by atomic mass is 10.2. The number of benzene rings is 2. The van der Waals surface area contributed by atoms with Crippen molar-refractivity contribution in [2.75, 3.05) is 11.9 Å². The van der Waals surface area contributed by atoms with Crippen molar-refractivity contribution in [2.45, 2.75) is 24.8 Å². The molecule has 2 rings (SSSR count). The molecule has 0 fully saturated rings. The van der Waals surface area contributed by atoms with Crippen molar-refractivity contribution in [1.82, 2.24) is 0 Å². The molecule has 0 unspecified atom stereocenters. The molecule has 2 aromatic carbocycles. The van der Waals surface area contributed by atoms with Crippen LogP contribution in [-0.4, -0.2) is 39.0 Å². The van der Waals surface area contributed by atoms with E-state index < -0.39 is 34.5 Å². The van der Waals surface area contributed by atoms with Crippen molar-refractivity contribution in [3.05, 3.63) is 58.1 Å². The van der Waals surface area contributed by atoms with E-state index in [-0.39, 0.29) is 21.0 Å². The molecular formula is C19H19BrN2O7S. The van der Waals surface area contributed by atoms with Crippen molar-refractivity contribution in [3.8, 4) is 0 Å². The van der Waals surface area contributed by atoms with Crippen LogP contribution >= 0.6 is 15.9 Å². The number of rotatable bonds is 7. The number of hydrogen-bond acceptors (Lipinski definition) is 7. The quantitative estimate of drug-likeness (QED) is 0.558. The Morgan fingerprint density at radius 2 is 1.70 bits per heavy atom. The minimum absolute atomic E-state index is 0.0951. The maximum atomic E-state index is 12.2. The molecule has 0 aliphatic rings. The van der Waals surface area contributed by atoms with Gasteiger partial charge in [-0.3, -0.25) is 4.79 Å². The summed E-state index contributed by atoms with van der Waals surface area (Å²) in [6.07, 6.45) is -0.253. The van der Waals surface area contributed by atoms with Crippen molar-refractivity contribution in [2.24, 2.45) is 5.14 Å². The number of carbonyl (C=O) groups excluding carboxylic acids is 3. The zero-order valence-corrected chi connectivity index (χ0v) is 18.4. The van der Waals surface area contributed by atoms with E-state index in [2.05, 4.69) is 21.2 Å². The molecule has 30 heavy (non-hydrogen) atoms. The Balaban J connectivity index is 1.96. The Morgan fingerprint density at radius 1 is 1.07 bits per heavy atom. The lowest BCUT2D eigenvalue weighted by Crippen LogP contribution is -2.21. The summed E-state index contributed by atoms with van der Waals surface area (Å²) in [5.41, 5.74) is 0.615. The van der Waals surface area contributed by atoms with E-state index in [9.17, 15) is 22.8 Å². The van der Waals surface area contributed by atoms with Crippen LogP contribution in [0.25, 0.3) is 0 Å². The van der Waals surface area contributed by atoms with E-state index in [0.29, 0.717) is 11.3 Å². The normalized spacial score (nSPS) is 11.1. The zero-order valence-electron chi connectivity index (χ0n) is 16.0. The number of carbonyl (C=O) groups is 3. The minimum atomic E-state index is -4.00. The topological polar surface area (TPSA) is 142 Å². The highest BCUT2D eigenvalue weighted by Crippen LogP contribution is 2.21. The highest BCUT2D eigenvalue weighted by atomic mass is 79.9. The largest absolute Gasteiger partial charge is 0.459 e. The predicted molar refractivity (Wildman–Crippen MR) is 111 cm³/mol. The van der Waals surface area contributed by atoms with Gasteiger partial charge in [0, 0.05) is 10.2 Å². The van der Waals surface area contributed by atoms with Crippen LogP contribution in [0.15, 0.2) is 51.8 Å². The summed E-state index contributed by atoms with van der Waals surface area (Å²) < 4.78 is 33.1. The Kier molecular flexibility index (Phi) is 7.71. The van der Waals surface area contributed by atoms with Crippen LogP contribution in [0, 0.1) is 0 Å². The van der Waals surface area contributed by atoms with Crippen molar-refractivity contribution >= 4 is 49.5 Å². The first kappa shape index (κ1) is 23.5. The second-order valence-corrected chi connectivity index (χ2v) is 8.76. The van der Waals surface area contributed by atoms with Crippen molar-refractivity contribution in [1.29, 1.82) is 0 Å². The van der Waals surface area contributed by atoms with E-state index in [0.717, 1.165) is 6.07 Å². The van der Waals surface area contributed by atoms with Crippen LogP contribution in [0.4, 0.5) is 5.69 Å². The van der Waals surface area contributed by atoms with Gasteiger partial charge in [0.1, 0.15) is 0 Å². The first-order valence-electron chi connectivity index (χ1n) is 8.57. The molecule has 160 valence electrons. The molecule has 0 saturated carbocycles. The van der Waals surface area contributed by atoms with Gasteiger partial charge in [-0.25, -0.2) is 23.1 Å². The minimum Gasteiger partial charge on any atom is -0.459 e. The van der Waals surface area contributed by atoms with Crippen LogP contribution < -0.4 is 10.5 Å². The molecule has 2 aromatic rings. The molecule has 11 heteroatoms. The zero-order chi connectivity index (χ0) is 22.5. The number of primary sulfonamides is 1. The average Bonchev–Trinajstić information content (AvgIpc) is 2.65. The smallest absolute Gasteiger partial charge is 0.339 e. The third kappa shape index (κ3) is 6.65. The van der Waals surface area contributed by atoms with E-state index in [1.807, 2.05) is 0 Å². The number of amides is 1. The lowest BCUT2D eigenvalue weighted by molar-refractivity contribution is -0.119. The number of esters is 2. The molecule has 0 spiro atoms. The summed E-state index contributed by atoms with van der Waals surface area (Å²) in [7, 11) is -4.00. The van der Waals surface area contributed by atoms with Gasteiger partial charge in [0.15, 0.2) is 6.61 Å². The number of halogens is 1. The van der Waals surface area contributed by atoms with Gasteiger partial charge in [0.25, 0.3) is 5.91 Å². The number of anilines is 1. The highest BCUT2D eigenvalue weighted by Gasteiger charge is 2.18. The molecule has 0 heterocycles. The predicted octanol–water partition coefficient (Wildman–Crippen LogP) is 2.46. The molecule has 0 atom stereocenters. The van der Waals surface area contributed by atoms with Gasteiger partial charge in [-0.2, -0.15) is 0 Å². The molecule has 1 amide bonds. The number of nitrogens with one attached hydrogen (secondary N) is 1. The third-order valence-electron chi connectivity index (χ3n) is 3.57. The number of ether oxygens (including phenoxy) is 2. The average molecular weight is 499 g/mol. The molecule has 0 radical (unpaired) electrons. The number of hydrogen-bond donors (Lipinski definition) is 2. The summed E-state index contributed by atoms with van der Waals surface area (Å²) in [6, 6.07) is 9.59. The van der Waals surface area contributed by atoms with Crippen molar-refractivity contribution in [3.63, 3.8) is 0 Å². The van der Waals surface area contributed by atoms with E-state index >= 15 is 0 Å². The molecule has 0 aliphatic heterocycles. The van der Waals surface area contributed by atoms with Gasteiger partial charge in [-0.1, -0.05) is 0 Å². The summed E-state index contributed by atoms with van der Waals surface area (Å²) in [6.45, 7) is 2.86. The first-order valence-corrected chi connectivity index (χ1v) is 10.9. The second-order valence-electron chi connectivity index (χ2n) is 6.34. The number of nitrogens with two attached hydrogens (primary N) is 1. The van der Waals surface area contributed by atoms with E-state index in [1.54, 1.807) is 13.8 Å². The molecule has 9 nitrogen and oxygen atoms in total. The van der Waals surface area contributed by atoms with Crippen LogP contribution in [0.2, 0.25) is 0 Å². The van der Waals surface area contributed by atoms with Gasteiger partial charge in [0.05, 0.1) is 22.1 Å². The maximum absolute atomic E-state index is 12.2. The monoisotopic (exact) mass is 498 g/mol. The van der Waals surface area contributed by atoms with Crippen molar-refractivity contribution < 1.29 is 32.3 Å². The standard InChI is InChI=1S/C19H19BrN2O7S/c1-11(2)29-18(24)12-3-5-13(6-4-12)22-17(23)10-28-19(25)15-9-14(30(21,26)27)7-8-16(15)20/h3-9,11H,10H2,1-2H3,(H,22,23)(H2,21,26,27). The van der Waals surface area contributed by atoms with Crippen LogP contribution in [0.1, 0.15) is 34.6 Å². The summed E-state index contributed by atoms with van der Waals surface area (Å²) in [4.78, 5) is 35.7. The first-order chi connectivity index (χ1) is 14.0. The third-order valence-corrected chi connectivity index (χ3v) is 5.17. The summed E-state index contributed by atoms with van der Waals surface area (Å²) >= 11 is 3.12. The van der Waals surface area contributed by atoms with Gasteiger partial charge in [0.2, 0.25) is 10.0 Å². The Hall–Kier alpha value is -2.76.